The fourth-order valence-corrected chi connectivity index (χ4v) is 4.78. The van der Waals surface area contributed by atoms with Crippen LogP contribution in [0.15, 0.2) is 47.4 Å². The van der Waals surface area contributed by atoms with Crippen LogP contribution in [0.2, 0.25) is 10.0 Å². The van der Waals surface area contributed by atoms with Crippen molar-refractivity contribution in [1.29, 1.82) is 0 Å². The van der Waals surface area contributed by atoms with Crippen LogP contribution in [0, 0.1) is 6.92 Å². The molecule has 1 saturated heterocycles. The molecule has 24 heavy (non-hydrogen) atoms. The molecule has 4 nitrogen and oxygen atoms in total. The summed E-state index contributed by atoms with van der Waals surface area (Å²) in [5.74, 6) is 0. The van der Waals surface area contributed by atoms with Crippen molar-refractivity contribution in [3.05, 3.63) is 58.1 Å². The van der Waals surface area contributed by atoms with Gasteiger partial charge in [0.05, 0.1) is 4.90 Å². The number of rotatable bonds is 3. The highest BCUT2D eigenvalue weighted by Gasteiger charge is 2.29. The first-order chi connectivity index (χ1) is 11.4. The minimum Gasteiger partial charge on any atom is -0.369 e. The van der Waals surface area contributed by atoms with Crippen molar-refractivity contribution in [2.45, 2.75) is 11.8 Å². The molecular weight excluding hydrogens is 367 g/mol. The van der Waals surface area contributed by atoms with Crippen molar-refractivity contribution in [2.24, 2.45) is 0 Å². The van der Waals surface area contributed by atoms with Gasteiger partial charge in [-0.1, -0.05) is 35.3 Å². The van der Waals surface area contributed by atoms with Crippen LogP contribution in [0.5, 0.6) is 0 Å². The molecule has 0 spiro atoms. The van der Waals surface area contributed by atoms with Gasteiger partial charge in [0, 0.05) is 41.9 Å². The van der Waals surface area contributed by atoms with Crippen LogP contribution in [0.3, 0.4) is 0 Å². The van der Waals surface area contributed by atoms with Gasteiger partial charge in [-0.25, -0.2) is 8.42 Å². The second-order valence-electron chi connectivity index (χ2n) is 5.73. The van der Waals surface area contributed by atoms with Crippen LogP contribution in [-0.4, -0.2) is 38.9 Å². The molecule has 1 aliphatic heterocycles. The Morgan fingerprint density at radius 3 is 2.29 bits per heavy atom. The molecule has 0 aromatic heterocycles. The summed E-state index contributed by atoms with van der Waals surface area (Å²) in [4.78, 5) is 2.41. The molecule has 0 saturated carbocycles. The number of piperazine rings is 1. The van der Waals surface area contributed by atoms with Crippen molar-refractivity contribution >= 4 is 38.9 Å². The van der Waals surface area contributed by atoms with Crippen LogP contribution in [0.1, 0.15) is 5.56 Å². The molecular formula is C17H18Cl2N2O2S. The van der Waals surface area contributed by atoms with E-state index in [1.165, 1.54) is 10.4 Å². The molecule has 0 radical (unpaired) electrons. The zero-order valence-electron chi connectivity index (χ0n) is 13.2. The van der Waals surface area contributed by atoms with Gasteiger partial charge in [-0.15, -0.1) is 0 Å². The second kappa shape index (κ2) is 6.92. The molecule has 7 heteroatoms. The summed E-state index contributed by atoms with van der Waals surface area (Å²) in [6, 6.07) is 12.2. The highest BCUT2D eigenvalue weighted by atomic mass is 35.5. The molecule has 0 atom stereocenters. The van der Waals surface area contributed by atoms with E-state index in [4.69, 9.17) is 23.2 Å². The summed E-state index contributed by atoms with van der Waals surface area (Å²) in [5.41, 5.74) is 2.08. The Morgan fingerprint density at radius 1 is 0.958 bits per heavy atom. The summed E-state index contributed by atoms with van der Waals surface area (Å²) in [6.45, 7) is 4.09. The van der Waals surface area contributed by atoms with Gasteiger partial charge in [0.25, 0.3) is 0 Å². The van der Waals surface area contributed by atoms with Gasteiger partial charge in [0.2, 0.25) is 10.0 Å². The average Bonchev–Trinajstić information content (AvgIpc) is 2.57. The van der Waals surface area contributed by atoms with Crippen LogP contribution in [0.4, 0.5) is 5.69 Å². The van der Waals surface area contributed by atoms with Crippen LogP contribution in [-0.2, 0) is 10.0 Å². The van der Waals surface area contributed by atoms with E-state index < -0.39 is 10.0 Å². The zero-order valence-corrected chi connectivity index (χ0v) is 15.6. The van der Waals surface area contributed by atoms with Gasteiger partial charge in [-0.2, -0.15) is 4.31 Å². The van der Waals surface area contributed by atoms with E-state index in [1.54, 1.807) is 18.2 Å². The van der Waals surface area contributed by atoms with Crippen molar-refractivity contribution < 1.29 is 8.42 Å². The van der Waals surface area contributed by atoms with Gasteiger partial charge >= 0.3 is 0 Å². The Hall–Kier alpha value is -1.27. The summed E-state index contributed by atoms with van der Waals surface area (Å²) < 4.78 is 27.0. The SMILES string of the molecule is Cc1c(Cl)cccc1N1CCN(S(=O)(=O)c2cccc(Cl)c2)CC1. The molecule has 0 bridgehead atoms. The second-order valence-corrected chi connectivity index (χ2v) is 8.51. The third-order valence-corrected chi connectivity index (χ3v) is 6.79. The van der Waals surface area contributed by atoms with E-state index >= 15 is 0 Å². The van der Waals surface area contributed by atoms with Gasteiger partial charge in [0.1, 0.15) is 0 Å². The number of benzene rings is 2. The highest BCUT2D eigenvalue weighted by molar-refractivity contribution is 7.89. The molecule has 2 aromatic carbocycles. The van der Waals surface area contributed by atoms with E-state index in [1.807, 2.05) is 25.1 Å². The lowest BCUT2D eigenvalue weighted by atomic mass is 10.1. The molecule has 1 heterocycles. The standard InChI is InChI=1S/C17H18Cl2N2O2S/c1-13-16(19)6-3-7-17(13)20-8-10-21(11-9-20)24(22,23)15-5-2-4-14(18)12-15/h2-7,12H,8-11H2,1H3. The maximum atomic E-state index is 12.7. The first-order valence-corrected chi connectivity index (χ1v) is 9.85. The number of halogens is 2. The Bertz CT molecular complexity index is 847. The topological polar surface area (TPSA) is 40.6 Å². The van der Waals surface area contributed by atoms with E-state index in [-0.39, 0.29) is 4.90 Å². The number of sulfonamides is 1. The Balaban J connectivity index is 1.76. The Labute approximate surface area is 152 Å². The van der Waals surface area contributed by atoms with Crippen LogP contribution >= 0.6 is 23.2 Å². The highest BCUT2D eigenvalue weighted by Crippen LogP contribution is 2.28. The minimum absolute atomic E-state index is 0.238. The molecule has 2 aromatic rings. The van der Waals surface area contributed by atoms with E-state index in [0.717, 1.165) is 16.3 Å². The number of hydrogen-bond donors (Lipinski definition) is 0. The predicted octanol–water partition coefficient (Wildman–Crippen LogP) is 3.81. The first-order valence-electron chi connectivity index (χ1n) is 7.65. The lowest BCUT2D eigenvalue weighted by Crippen LogP contribution is -2.48. The van der Waals surface area contributed by atoms with Crippen molar-refractivity contribution in [2.75, 3.05) is 31.1 Å². The van der Waals surface area contributed by atoms with Crippen LogP contribution < -0.4 is 4.90 Å². The van der Waals surface area contributed by atoms with E-state index in [9.17, 15) is 8.42 Å². The number of anilines is 1. The Kier molecular flexibility index (Phi) is 5.06. The maximum absolute atomic E-state index is 12.7. The zero-order chi connectivity index (χ0) is 17.3. The summed E-state index contributed by atoms with van der Waals surface area (Å²) in [6.07, 6.45) is 0. The first kappa shape index (κ1) is 17.5. The lowest BCUT2D eigenvalue weighted by Gasteiger charge is -2.36. The third-order valence-electron chi connectivity index (χ3n) is 4.25. The van der Waals surface area contributed by atoms with E-state index in [0.29, 0.717) is 31.2 Å². The van der Waals surface area contributed by atoms with Gasteiger partial charge in [0.15, 0.2) is 0 Å². The Morgan fingerprint density at radius 2 is 1.62 bits per heavy atom. The predicted molar refractivity (Wildman–Crippen MR) is 98.6 cm³/mol. The van der Waals surface area contributed by atoms with Gasteiger partial charge < -0.3 is 4.90 Å². The van der Waals surface area contributed by atoms with Gasteiger partial charge in [-0.05, 0) is 42.8 Å². The maximum Gasteiger partial charge on any atom is 0.243 e. The van der Waals surface area contributed by atoms with Crippen molar-refractivity contribution in [3.8, 4) is 0 Å². The fraction of sp³-hybridized carbons (Fsp3) is 0.294. The smallest absolute Gasteiger partial charge is 0.243 e. The molecule has 3 rings (SSSR count). The lowest BCUT2D eigenvalue weighted by molar-refractivity contribution is 0.385. The summed E-state index contributed by atoms with van der Waals surface area (Å²) in [7, 11) is -3.51. The normalized spacial score (nSPS) is 16.4. The molecule has 128 valence electrons. The third kappa shape index (κ3) is 3.40. The van der Waals surface area contributed by atoms with Gasteiger partial charge in [-0.3, -0.25) is 0 Å². The molecule has 1 aliphatic rings. The van der Waals surface area contributed by atoms with Crippen molar-refractivity contribution in [3.63, 3.8) is 0 Å². The number of hydrogen-bond acceptors (Lipinski definition) is 3. The molecule has 0 aliphatic carbocycles. The molecule has 0 amide bonds. The largest absolute Gasteiger partial charge is 0.369 e. The van der Waals surface area contributed by atoms with Crippen molar-refractivity contribution in [1.82, 2.24) is 4.31 Å². The molecule has 0 N–H and O–H groups in total. The quantitative estimate of drug-likeness (QED) is 0.807. The van der Waals surface area contributed by atoms with E-state index in [2.05, 4.69) is 4.90 Å². The number of nitrogens with zero attached hydrogens (tertiary/aromatic N) is 2. The minimum atomic E-state index is -3.51. The summed E-state index contributed by atoms with van der Waals surface area (Å²) in [5, 5.41) is 1.14. The monoisotopic (exact) mass is 384 g/mol. The molecule has 0 unspecified atom stereocenters. The fourth-order valence-electron chi connectivity index (χ4n) is 2.88. The summed E-state index contributed by atoms with van der Waals surface area (Å²) >= 11 is 12.1. The van der Waals surface area contributed by atoms with Crippen LogP contribution in [0.25, 0.3) is 0 Å². The average molecular weight is 385 g/mol. The molecule has 1 fully saturated rings.